The van der Waals surface area contributed by atoms with Crippen molar-refractivity contribution in [3.8, 4) is 0 Å². The van der Waals surface area contributed by atoms with Crippen molar-refractivity contribution in [2.45, 2.75) is 114 Å². The second kappa shape index (κ2) is 24.6. The van der Waals surface area contributed by atoms with Crippen LogP contribution in [0.5, 0.6) is 0 Å². The normalized spacial score (nSPS) is 10.7. The molecular weight excluding hydrogens is 504 g/mol. The van der Waals surface area contributed by atoms with Gasteiger partial charge in [0.25, 0.3) is 0 Å². The standard InChI is InChI=1S/C28H42N4O.C4H8.2C2H6/c1-7-8-11-21(2)12-14-27-15-13-26(18-22(27)3)19-30-25(6)33-17-10-9-16-32-20-31-28(23(4)29)24(32)5;1-4(2)3;2*1-2/h12-15,18,20-21,30H,4,6-11,16-17,19,29H2,1-3,5H3;1H2,2-3H3;2*1-2H3/b14-12-;;;. The molecule has 1 aromatic carbocycles. The summed E-state index contributed by atoms with van der Waals surface area (Å²) < 4.78 is 7.86. The van der Waals surface area contributed by atoms with Crippen molar-refractivity contribution in [1.82, 2.24) is 14.9 Å². The maximum Gasteiger partial charge on any atom is 0.179 e. The zero-order chi connectivity index (χ0) is 31.8. The third kappa shape index (κ3) is 18.7. The highest BCUT2D eigenvalue weighted by Crippen LogP contribution is 2.17. The average molecular weight is 567 g/mol. The van der Waals surface area contributed by atoms with Crippen LogP contribution in [0.1, 0.15) is 116 Å². The highest BCUT2D eigenvalue weighted by Gasteiger charge is 2.07. The number of hydrogen-bond acceptors (Lipinski definition) is 4. The van der Waals surface area contributed by atoms with E-state index in [1.807, 2.05) is 54.8 Å². The minimum atomic E-state index is 0.510. The van der Waals surface area contributed by atoms with Gasteiger partial charge >= 0.3 is 0 Å². The molecule has 2 aromatic rings. The minimum absolute atomic E-state index is 0.510. The molecule has 0 amide bonds. The Bertz CT molecular complexity index is 1030. The average Bonchev–Trinajstić information content (AvgIpc) is 3.32. The zero-order valence-electron chi connectivity index (χ0n) is 28.2. The van der Waals surface area contributed by atoms with E-state index in [4.69, 9.17) is 10.5 Å². The maximum absolute atomic E-state index is 5.75. The summed E-state index contributed by atoms with van der Waals surface area (Å²) in [4.78, 5) is 4.31. The van der Waals surface area contributed by atoms with E-state index in [0.29, 0.717) is 30.6 Å². The van der Waals surface area contributed by atoms with Gasteiger partial charge in [-0.15, -0.1) is 6.58 Å². The fraction of sp³-hybridized carbons (Fsp3) is 0.528. The second-order valence-electron chi connectivity index (χ2n) is 10.1. The van der Waals surface area contributed by atoms with Gasteiger partial charge in [-0.1, -0.05) is 96.9 Å². The van der Waals surface area contributed by atoms with Crippen LogP contribution in [0.3, 0.4) is 0 Å². The fourth-order valence-electron chi connectivity index (χ4n) is 3.74. The van der Waals surface area contributed by atoms with Crippen molar-refractivity contribution in [2.24, 2.45) is 11.7 Å². The summed E-state index contributed by atoms with van der Waals surface area (Å²) in [6.07, 6.45) is 12.1. The largest absolute Gasteiger partial charge is 0.480 e. The van der Waals surface area contributed by atoms with Crippen LogP contribution in [0.2, 0.25) is 0 Å². The molecule has 0 saturated heterocycles. The van der Waals surface area contributed by atoms with Gasteiger partial charge < -0.3 is 20.4 Å². The minimum Gasteiger partial charge on any atom is -0.480 e. The lowest BCUT2D eigenvalue weighted by atomic mass is 10.00. The molecule has 0 bridgehead atoms. The van der Waals surface area contributed by atoms with Crippen LogP contribution in [-0.2, 0) is 17.8 Å². The van der Waals surface area contributed by atoms with E-state index in [2.05, 4.69) is 85.7 Å². The Hall–Kier alpha value is -3.21. The van der Waals surface area contributed by atoms with Crippen molar-refractivity contribution in [2.75, 3.05) is 6.61 Å². The molecule has 41 heavy (non-hydrogen) atoms. The summed E-state index contributed by atoms with van der Waals surface area (Å²) >= 11 is 0. The van der Waals surface area contributed by atoms with Gasteiger partial charge in [0.2, 0.25) is 0 Å². The molecular formula is C36H62N4O. The van der Waals surface area contributed by atoms with Crippen molar-refractivity contribution in [1.29, 1.82) is 0 Å². The number of rotatable bonds is 15. The van der Waals surface area contributed by atoms with Crippen LogP contribution < -0.4 is 11.1 Å². The van der Waals surface area contributed by atoms with Gasteiger partial charge in [-0.2, -0.15) is 0 Å². The molecule has 5 heteroatoms. The summed E-state index contributed by atoms with van der Waals surface area (Å²) in [5.41, 5.74) is 13.1. The number of nitrogens with one attached hydrogen (secondary N) is 1. The van der Waals surface area contributed by atoms with Gasteiger partial charge in [0, 0.05) is 18.8 Å². The molecule has 1 atom stereocenters. The molecule has 3 N–H and O–H groups in total. The predicted molar refractivity (Wildman–Crippen MR) is 183 cm³/mol. The number of benzene rings is 1. The van der Waals surface area contributed by atoms with Gasteiger partial charge in [0.15, 0.2) is 5.88 Å². The monoisotopic (exact) mass is 566 g/mol. The number of nitrogens with zero attached hydrogens (tertiary/aromatic N) is 2. The van der Waals surface area contributed by atoms with E-state index in [0.717, 1.165) is 30.8 Å². The zero-order valence-corrected chi connectivity index (χ0v) is 28.2. The van der Waals surface area contributed by atoms with Gasteiger partial charge in [0.1, 0.15) is 5.69 Å². The van der Waals surface area contributed by atoms with Crippen molar-refractivity contribution in [3.63, 3.8) is 0 Å². The number of imidazole rings is 1. The quantitative estimate of drug-likeness (QED) is 0.128. The lowest BCUT2D eigenvalue weighted by Gasteiger charge is -2.13. The van der Waals surface area contributed by atoms with Crippen molar-refractivity contribution < 1.29 is 4.74 Å². The van der Waals surface area contributed by atoms with Crippen LogP contribution in [0.4, 0.5) is 0 Å². The first-order valence-electron chi connectivity index (χ1n) is 15.5. The SMILES string of the molecule is C=C(C)C.C=C(NCc1ccc(/C=C\C(C)CCCC)c(C)c1)OCCCCn1cnc(C(=C)N)c1C.CC.CC. The van der Waals surface area contributed by atoms with E-state index in [1.165, 1.54) is 41.5 Å². The lowest BCUT2D eigenvalue weighted by molar-refractivity contribution is 0.184. The molecule has 0 aliphatic rings. The third-order valence-corrected chi connectivity index (χ3v) is 5.91. The van der Waals surface area contributed by atoms with Gasteiger partial charge in [0.05, 0.1) is 18.6 Å². The Morgan fingerprint density at radius 3 is 2.24 bits per heavy atom. The van der Waals surface area contributed by atoms with Gasteiger partial charge in [-0.05, 0) is 76.1 Å². The first kappa shape index (κ1) is 39.9. The highest BCUT2D eigenvalue weighted by molar-refractivity contribution is 5.58. The Labute approximate surface area is 253 Å². The molecule has 0 fully saturated rings. The number of aryl methyl sites for hydroxylation is 2. The molecule has 1 heterocycles. The van der Waals surface area contributed by atoms with E-state index in [-0.39, 0.29) is 0 Å². The van der Waals surface area contributed by atoms with E-state index in [1.54, 1.807) is 0 Å². The van der Waals surface area contributed by atoms with Crippen molar-refractivity contribution >= 4 is 11.8 Å². The number of nitrogens with two attached hydrogens (primary N) is 1. The summed E-state index contributed by atoms with van der Waals surface area (Å²) in [5, 5.41) is 3.28. The Morgan fingerprint density at radius 2 is 1.71 bits per heavy atom. The maximum atomic E-state index is 5.75. The molecule has 232 valence electrons. The fourth-order valence-corrected chi connectivity index (χ4v) is 3.74. The van der Waals surface area contributed by atoms with Crippen LogP contribution in [0.15, 0.2) is 61.8 Å². The van der Waals surface area contributed by atoms with Crippen LogP contribution in [0.25, 0.3) is 11.8 Å². The highest BCUT2D eigenvalue weighted by atomic mass is 16.5. The molecule has 5 nitrogen and oxygen atoms in total. The Morgan fingerprint density at radius 1 is 1.07 bits per heavy atom. The summed E-state index contributed by atoms with van der Waals surface area (Å²) in [6, 6.07) is 6.60. The molecule has 1 unspecified atom stereocenters. The molecule has 0 aliphatic carbocycles. The molecule has 0 spiro atoms. The van der Waals surface area contributed by atoms with Gasteiger partial charge in [-0.3, -0.25) is 0 Å². The number of allylic oxidation sites excluding steroid dienone is 2. The topological polar surface area (TPSA) is 65.1 Å². The molecule has 0 saturated carbocycles. The van der Waals surface area contributed by atoms with Gasteiger partial charge in [-0.25, -0.2) is 4.98 Å². The van der Waals surface area contributed by atoms with E-state index >= 15 is 0 Å². The van der Waals surface area contributed by atoms with E-state index < -0.39 is 0 Å². The summed E-state index contributed by atoms with van der Waals surface area (Å²) in [5.74, 6) is 1.24. The molecule has 0 aliphatic heterocycles. The first-order valence-corrected chi connectivity index (χ1v) is 15.5. The van der Waals surface area contributed by atoms with E-state index in [9.17, 15) is 0 Å². The Balaban J connectivity index is 0. The third-order valence-electron chi connectivity index (χ3n) is 5.91. The summed E-state index contributed by atoms with van der Waals surface area (Å²) in [7, 11) is 0. The number of unbranched alkanes of at least 4 members (excludes halogenated alkanes) is 2. The Kier molecular flexibility index (Phi) is 23.9. The van der Waals surface area contributed by atoms with Crippen LogP contribution >= 0.6 is 0 Å². The predicted octanol–water partition coefficient (Wildman–Crippen LogP) is 9.96. The number of hydrogen-bond donors (Lipinski definition) is 2. The number of ether oxygens (including phenoxy) is 1. The number of aromatic nitrogens is 2. The van der Waals surface area contributed by atoms with Crippen LogP contribution in [0, 0.1) is 19.8 Å². The smallest absolute Gasteiger partial charge is 0.179 e. The molecule has 2 rings (SSSR count). The van der Waals surface area contributed by atoms with Crippen LogP contribution in [-0.4, -0.2) is 16.2 Å². The van der Waals surface area contributed by atoms with Crippen molar-refractivity contribution in [3.05, 3.63) is 89.9 Å². The lowest BCUT2D eigenvalue weighted by Crippen LogP contribution is -2.15. The summed E-state index contributed by atoms with van der Waals surface area (Å²) in [6.45, 7) is 34.2. The molecule has 1 aromatic heterocycles. The first-order chi connectivity index (χ1) is 19.5. The second-order valence-corrected chi connectivity index (χ2v) is 10.1. The molecule has 0 radical (unpaired) electrons.